The van der Waals surface area contributed by atoms with E-state index in [0.717, 1.165) is 50.6 Å². The number of piperazine rings is 1. The van der Waals surface area contributed by atoms with E-state index in [9.17, 15) is 4.79 Å². The molecule has 3 heterocycles. The largest absolute Gasteiger partial charge is 0.355 e. The molecule has 0 spiro atoms. The highest BCUT2D eigenvalue weighted by atomic mass is 16.2. The zero-order valence-corrected chi connectivity index (χ0v) is 17.1. The lowest BCUT2D eigenvalue weighted by molar-refractivity contribution is 0.0664. The Morgan fingerprint density at radius 3 is 2.50 bits per heavy atom. The van der Waals surface area contributed by atoms with Gasteiger partial charge in [0.15, 0.2) is 0 Å². The number of likely N-dealkylation sites (N-methyl/N-ethyl adjacent to an activating group) is 1. The van der Waals surface area contributed by atoms with Crippen LogP contribution in [-0.4, -0.2) is 67.0 Å². The first-order chi connectivity index (χ1) is 13.4. The van der Waals surface area contributed by atoms with E-state index in [-0.39, 0.29) is 11.3 Å². The van der Waals surface area contributed by atoms with E-state index in [0.29, 0.717) is 5.92 Å². The number of hydrogen-bond acceptors (Lipinski definition) is 4. The lowest BCUT2D eigenvalue weighted by atomic mass is 9.78. The zero-order valence-electron chi connectivity index (χ0n) is 17.1. The molecule has 5 heteroatoms. The monoisotopic (exact) mass is 378 g/mol. The topological polar surface area (TPSA) is 39.7 Å². The number of carbonyl (C=O) groups excluding carboxylic acids is 1. The van der Waals surface area contributed by atoms with Crippen molar-refractivity contribution in [2.45, 2.75) is 19.8 Å². The number of rotatable bonds is 3. The quantitative estimate of drug-likeness (QED) is 0.823. The summed E-state index contributed by atoms with van der Waals surface area (Å²) in [4.78, 5) is 24.1. The second kappa shape index (κ2) is 7.55. The first-order valence-corrected chi connectivity index (χ1v) is 10.2. The molecule has 0 saturated carbocycles. The third-order valence-corrected chi connectivity index (χ3v) is 6.25. The van der Waals surface area contributed by atoms with Crippen LogP contribution in [0.25, 0.3) is 0 Å². The van der Waals surface area contributed by atoms with Gasteiger partial charge in [-0.15, -0.1) is 0 Å². The summed E-state index contributed by atoms with van der Waals surface area (Å²) in [6.07, 6.45) is 1.78. The highest BCUT2D eigenvalue weighted by Crippen LogP contribution is 2.43. The van der Waals surface area contributed by atoms with Crippen molar-refractivity contribution in [3.8, 4) is 0 Å². The number of anilines is 1. The van der Waals surface area contributed by atoms with Gasteiger partial charge in [-0.05, 0) is 30.2 Å². The van der Waals surface area contributed by atoms with Crippen molar-refractivity contribution in [3.05, 3.63) is 59.8 Å². The Kier molecular flexibility index (Phi) is 5.11. The van der Waals surface area contributed by atoms with Crippen LogP contribution in [0.15, 0.2) is 48.7 Å². The Morgan fingerprint density at radius 2 is 1.79 bits per heavy atom. The second-order valence-electron chi connectivity index (χ2n) is 8.83. The van der Waals surface area contributed by atoms with Crippen molar-refractivity contribution in [2.75, 3.05) is 51.2 Å². The summed E-state index contributed by atoms with van der Waals surface area (Å²) in [5.74, 6) is 1.48. The lowest BCUT2D eigenvalue weighted by Gasteiger charge is -2.32. The number of benzene rings is 1. The van der Waals surface area contributed by atoms with Crippen molar-refractivity contribution in [1.82, 2.24) is 14.8 Å². The van der Waals surface area contributed by atoms with Gasteiger partial charge in [0, 0.05) is 56.9 Å². The maximum atomic E-state index is 12.9. The number of pyridine rings is 1. The summed E-state index contributed by atoms with van der Waals surface area (Å²) < 4.78 is 0. The fraction of sp³-hybridized carbons (Fsp3) is 0.478. The highest BCUT2D eigenvalue weighted by molar-refractivity contribution is 5.95. The average Bonchev–Trinajstić information content (AvgIpc) is 3.04. The molecule has 4 rings (SSSR count). The minimum absolute atomic E-state index is 0.120. The molecule has 2 aromatic rings. The van der Waals surface area contributed by atoms with Crippen LogP contribution in [0.4, 0.5) is 5.82 Å². The average molecular weight is 379 g/mol. The van der Waals surface area contributed by atoms with E-state index in [2.05, 4.69) is 66.0 Å². The van der Waals surface area contributed by atoms with E-state index < -0.39 is 0 Å². The third kappa shape index (κ3) is 3.76. The molecule has 0 unspecified atom stereocenters. The van der Waals surface area contributed by atoms with E-state index in [4.69, 9.17) is 0 Å². The van der Waals surface area contributed by atoms with E-state index in [1.54, 1.807) is 6.20 Å². The van der Waals surface area contributed by atoms with Crippen molar-refractivity contribution < 1.29 is 4.79 Å². The van der Waals surface area contributed by atoms with Gasteiger partial charge in [0.2, 0.25) is 0 Å². The molecule has 0 bridgehead atoms. The van der Waals surface area contributed by atoms with Crippen LogP contribution in [0.1, 0.15) is 35.7 Å². The number of hydrogen-bond donors (Lipinski definition) is 0. The maximum absolute atomic E-state index is 12.9. The van der Waals surface area contributed by atoms with Gasteiger partial charge in [0.05, 0.1) is 0 Å². The molecule has 0 radical (unpaired) electrons. The summed E-state index contributed by atoms with van der Waals surface area (Å²) >= 11 is 0. The van der Waals surface area contributed by atoms with Gasteiger partial charge in [-0.2, -0.15) is 0 Å². The molecule has 28 heavy (non-hydrogen) atoms. The maximum Gasteiger partial charge on any atom is 0.254 e. The molecular formula is C23H30N4O. The molecule has 1 aromatic heterocycles. The van der Waals surface area contributed by atoms with E-state index >= 15 is 0 Å². The van der Waals surface area contributed by atoms with Crippen molar-refractivity contribution in [1.29, 1.82) is 0 Å². The van der Waals surface area contributed by atoms with Gasteiger partial charge in [-0.25, -0.2) is 4.98 Å². The molecular weight excluding hydrogens is 348 g/mol. The van der Waals surface area contributed by atoms with E-state index in [1.807, 2.05) is 17.0 Å². The summed E-state index contributed by atoms with van der Waals surface area (Å²) in [5, 5.41) is 0. The van der Waals surface area contributed by atoms with Crippen molar-refractivity contribution in [2.24, 2.45) is 5.41 Å². The van der Waals surface area contributed by atoms with Gasteiger partial charge < -0.3 is 14.7 Å². The molecule has 1 aromatic carbocycles. The SMILES string of the molecule is CN1CCN(C(=O)c2ccnc(N3C[C@@H](c4ccccc4)C(C)(C)C3)c2)CC1. The smallest absolute Gasteiger partial charge is 0.254 e. The normalized spacial score (nSPS) is 22.5. The van der Waals surface area contributed by atoms with Crippen LogP contribution >= 0.6 is 0 Å². The molecule has 1 atom stereocenters. The van der Waals surface area contributed by atoms with Gasteiger partial charge in [0.1, 0.15) is 5.82 Å². The van der Waals surface area contributed by atoms with Gasteiger partial charge in [-0.3, -0.25) is 4.79 Å². The summed E-state index contributed by atoms with van der Waals surface area (Å²) in [7, 11) is 2.10. The lowest BCUT2D eigenvalue weighted by Crippen LogP contribution is -2.47. The molecule has 0 aliphatic carbocycles. The van der Waals surface area contributed by atoms with Gasteiger partial charge >= 0.3 is 0 Å². The van der Waals surface area contributed by atoms with Crippen molar-refractivity contribution in [3.63, 3.8) is 0 Å². The Bertz CT molecular complexity index is 828. The van der Waals surface area contributed by atoms with Crippen LogP contribution < -0.4 is 4.90 Å². The Labute approximate surface area is 168 Å². The number of nitrogens with zero attached hydrogens (tertiary/aromatic N) is 4. The summed E-state index contributed by atoms with van der Waals surface area (Å²) in [6.45, 7) is 9.96. The molecule has 5 nitrogen and oxygen atoms in total. The molecule has 148 valence electrons. The number of carbonyl (C=O) groups is 1. The predicted molar refractivity (Wildman–Crippen MR) is 113 cm³/mol. The van der Waals surface area contributed by atoms with Crippen LogP contribution in [0.3, 0.4) is 0 Å². The van der Waals surface area contributed by atoms with Crippen molar-refractivity contribution >= 4 is 11.7 Å². The number of aromatic nitrogens is 1. The van der Waals surface area contributed by atoms with Gasteiger partial charge in [0.25, 0.3) is 5.91 Å². The highest BCUT2D eigenvalue weighted by Gasteiger charge is 2.40. The Balaban J connectivity index is 1.52. The standard InChI is InChI=1S/C23H30N4O/c1-23(2)17-27(16-20(23)18-7-5-4-6-8-18)21-15-19(9-10-24-21)22(28)26-13-11-25(3)12-14-26/h4-10,15,20H,11-14,16-17H2,1-3H3/t20-/m0/s1. The van der Waals surface area contributed by atoms with Crippen LogP contribution in [-0.2, 0) is 0 Å². The minimum Gasteiger partial charge on any atom is -0.355 e. The first-order valence-electron chi connectivity index (χ1n) is 10.2. The Hall–Kier alpha value is -2.40. The first kappa shape index (κ1) is 18.9. The fourth-order valence-corrected chi connectivity index (χ4v) is 4.47. The third-order valence-electron chi connectivity index (χ3n) is 6.25. The molecule has 2 aliphatic rings. The fourth-order valence-electron chi connectivity index (χ4n) is 4.47. The molecule has 2 aliphatic heterocycles. The molecule has 1 amide bonds. The predicted octanol–water partition coefficient (Wildman–Crippen LogP) is 3.10. The number of amides is 1. The second-order valence-corrected chi connectivity index (χ2v) is 8.83. The molecule has 2 fully saturated rings. The van der Waals surface area contributed by atoms with Crippen LogP contribution in [0.5, 0.6) is 0 Å². The molecule has 0 N–H and O–H groups in total. The minimum atomic E-state index is 0.120. The molecule has 2 saturated heterocycles. The summed E-state index contributed by atoms with van der Waals surface area (Å²) in [5.41, 5.74) is 2.27. The Morgan fingerprint density at radius 1 is 1.07 bits per heavy atom. The zero-order chi connectivity index (χ0) is 19.7. The van der Waals surface area contributed by atoms with E-state index in [1.165, 1.54) is 5.56 Å². The van der Waals surface area contributed by atoms with Gasteiger partial charge in [-0.1, -0.05) is 44.2 Å². The summed E-state index contributed by atoms with van der Waals surface area (Å²) in [6, 6.07) is 14.6. The van der Waals surface area contributed by atoms with Crippen LogP contribution in [0.2, 0.25) is 0 Å². The van der Waals surface area contributed by atoms with Crippen LogP contribution in [0, 0.1) is 5.41 Å².